The minimum absolute atomic E-state index is 0.0382. The highest BCUT2D eigenvalue weighted by Crippen LogP contribution is 2.36. The second-order valence-electron chi connectivity index (χ2n) is 5.42. The molecule has 2 aromatic rings. The summed E-state index contributed by atoms with van der Waals surface area (Å²) in [5.41, 5.74) is 0.108. The largest absolute Gasteiger partial charge is 0.496 e. The van der Waals surface area contributed by atoms with E-state index in [4.69, 9.17) is 14.6 Å². The van der Waals surface area contributed by atoms with E-state index in [1.807, 2.05) is 5.32 Å². The lowest BCUT2D eigenvalue weighted by atomic mass is 10.1. The number of amides is 1. The Balaban J connectivity index is 2.49. The number of hydrogen-bond acceptors (Lipinski definition) is 6. The number of carboxylic acid groups (broad SMARTS) is 1. The van der Waals surface area contributed by atoms with Gasteiger partial charge in [0.15, 0.2) is 11.5 Å². The molecule has 0 bridgehead atoms. The molecule has 10 heteroatoms. The van der Waals surface area contributed by atoms with Crippen LogP contribution in [-0.2, 0) is 10.0 Å². The number of ether oxygens (including phenoxy) is 2. The van der Waals surface area contributed by atoms with E-state index in [1.54, 1.807) is 30.3 Å². The number of ketones is 1. The molecule has 27 heavy (non-hydrogen) atoms. The molecule has 0 aliphatic carbocycles. The Morgan fingerprint density at radius 1 is 1.11 bits per heavy atom. The van der Waals surface area contributed by atoms with E-state index in [0.717, 1.165) is 6.26 Å². The van der Waals surface area contributed by atoms with Crippen LogP contribution in [0.1, 0.15) is 10.4 Å². The number of hydrogen-bond donors (Lipinski definition) is 3. The summed E-state index contributed by atoms with van der Waals surface area (Å²) in [6.07, 6.45) is -0.375. The summed E-state index contributed by atoms with van der Waals surface area (Å²) in [7, 11) is -2.33. The molecule has 0 aromatic heterocycles. The zero-order valence-electron chi connectivity index (χ0n) is 14.6. The van der Waals surface area contributed by atoms with Crippen molar-refractivity contribution in [3.8, 4) is 17.2 Å². The number of anilines is 1. The summed E-state index contributed by atoms with van der Waals surface area (Å²) < 4.78 is 36.5. The minimum atomic E-state index is -3.63. The number of carbonyl (C=O) groups excluding carboxylic acids is 1. The van der Waals surface area contributed by atoms with Gasteiger partial charge in [-0.15, -0.1) is 0 Å². The molecular formula is C17H18N2O7S. The van der Waals surface area contributed by atoms with Crippen LogP contribution in [0.25, 0.3) is 0 Å². The van der Waals surface area contributed by atoms with Gasteiger partial charge in [0.2, 0.25) is 10.0 Å². The molecule has 3 N–H and O–H groups in total. The van der Waals surface area contributed by atoms with Gasteiger partial charge in [-0.25, -0.2) is 13.2 Å². The number of sulfonamides is 1. The van der Waals surface area contributed by atoms with E-state index < -0.39 is 28.4 Å². The zero-order chi connectivity index (χ0) is 20.0. The van der Waals surface area contributed by atoms with E-state index in [1.165, 1.54) is 19.2 Å². The first-order valence-electron chi connectivity index (χ1n) is 7.62. The van der Waals surface area contributed by atoms with E-state index in [2.05, 4.69) is 4.72 Å². The van der Waals surface area contributed by atoms with Gasteiger partial charge in [-0.2, -0.15) is 0 Å². The molecule has 0 heterocycles. The van der Waals surface area contributed by atoms with Gasteiger partial charge in [0.1, 0.15) is 11.5 Å². The summed E-state index contributed by atoms with van der Waals surface area (Å²) >= 11 is 0. The van der Waals surface area contributed by atoms with Crippen molar-refractivity contribution >= 4 is 27.6 Å². The van der Waals surface area contributed by atoms with Crippen molar-refractivity contribution in [1.29, 1.82) is 0 Å². The van der Waals surface area contributed by atoms with E-state index >= 15 is 0 Å². The third-order valence-corrected chi connectivity index (χ3v) is 3.86. The number of benzene rings is 2. The Morgan fingerprint density at radius 2 is 1.78 bits per heavy atom. The highest BCUT2D eigenvalue weighted by Gasteiger charge is 2.20. The standard InChI is InChI=1S/C17H18N2O7S/c1-25-15-9-13(19-27(2,23)24)16(26-11-6-4-3-5-7-11)8-12(15)14(20)10-18-17(21)22/h3-9,18-19H,10H2,1-2H3,(H,21,22). The van der Waals surface area contributed by atoms with Gasteiger partial charge in [-0.1, -0.05) is 18.2 Å². The molecule has 144 valence electrons. The Labute approximate surface area is 156 Å². The lowest BCUT2D eigenvalue weighted by molar-refractivity contribution is 0.0983. The topological polar surface area (TPSA) is 131 Å². The Morgan fingerprint density at radius 3 is 2.33 bits per heavy atom. The first-order valence-corrected chi connectivity index (χ1v) is 9.51. The van der Waals surface area contributed by atoms with Gasteiger partial charge in [0.25, 0.3) is 0 Å². The third kappa shape index (κ3) is 5.89. The molecule has 0 saturated heterocycles. The predicted octanol–water partition coefficient (Wildman–Crippen LogP) is 2.31. The first-order chi connectivity index (χ1) is 12.7. The normalized spacial score (nSPS) is 10.7. The summed E-state index contributed by atoms with van der Waals surface area (Å²) in [5.74, 6) is -0.0239. The van der Waals surface area contributed by atoms with Crippen molar-refractivity contribution in [3.63, 3.8) is 0 Å². The maximum absolute atomic E-state index is 12.3. The number of methoxy groups -OCH3 is 1. The van der Waals surface area contributed by atoms with Crippen molar-refractivity contribution in [2.45, 2.75) is 0 Å². The molecule has 0 aliphatic heterocycles. The molecule has 0 unspecified atom stereocenters. The van der Waals surface area contributed by atoms with Gasteiger partial charge in [-0.05, 0) is 18.2 Å². The summed E-state index contributed by atoms with van der Waals surface area (Å²) in [6, 6.07) is 11.1. The lowest BCUT2D eigenvalue weighted by Crippen LogP contribution is -2.28. The number of Topliss-reactive ketones (excluding diaryl/α,β-unsaturated/α-hetero) is 1. The van der Waals surface area contributed by atoms with Gasteiger partial charge in [-0.3, -0.25) is 9.52 Å². The Hall–Kier alpha value is -3.27. The minimum Gasteiger partial charge on any atom is -0.496 e. The van der Waals surface area contributed by atoms with Crippen molar-refractivity contribution < 1.29 is 32.6 Å². The van der Waals surface area contributed by atoms with Crippen molar-refractivity contribution in [2.24, 2.45) is 0 Å². The fourth-order valence-electron chi connectivity index (χ4n) is 2.18. The Bertz CT molecular complexity index is 943. The second-order valence-corrected chi connectivity index (χ2v) is 7.17. The number of nitrogens with one attached hydrogen (secondary N) is 2. The first kappa shape index (κ1) is 20.0. The zero-order valence-corrected chi connectivity index (χ0v) is 15.4. The van der Waals surface area contributed by atoms with Crippen LogP contribution in [-0.4, -0.2) is 45.3 Å². The highest BCUT2D eigenvalue weighted by molar-refractivity contribution is 7.92. The molecule has 0 atom stereocenters. The molecule has 1 amide bonds. The summed E-state index contributed by atoms with van der Waals surface area (Å²) in [4.78, 5) is 22.9. The van der Waals surface area contributed by atoms with Crippen molar-refractivity contribution in [3.05, 3.63) is 48.0 Å². The van der Waals surface area contributed by atoms with Crippen molar-refractivity contribution in [2.75, 3.05) is 24.6 Å². The molecule has 0 fully saturated rings. The molecular weight excluding hydrogens is 376 g/mol. The average Bonchev–Trinajstić information content (AvgIpc) is 2.60. The van der Waals surface area contributed by atoms with Crippen LogP contribution in [0.3, 0.4) is 0 Å². The van der Waals surface area contributed by atoms with Gasteiger partial charge in [0, 0.05) is 6.07 Å². The molecule has 2 aromatic carbocycles. The van der Waals surface area contributed by atoms with Crippen LogP contribution in [0.2, 0.25) is 0 Å². The van der Waals surface area contributed by atoms with Crippen molar-refractivity contribution in [1.82, 2.24) is 5.32 Å². The smallest absolute Gasteiger partial charge is 0.405 e. The van der Waals surface area contributed by atoms with E-state index in [-0.39, 0.29) is 22.7 Å². The van der Waals surface area contributed by atoms with E-state index in [9.17, 15) is 18.0 Å². The predicted molar refractivity (Wildman–Crippen MR) is 98.3 cm³/mol. The maximum atomic E-state index is 12.3. The molecule has 0 radical (unpaired) electrons. The van der Waals surface area contributed by atoms with Crippen LogP contribution < -0.4 is 19.5 Å². The summed E-state index contributed by atoms with van der Waals surface area (Å²) in [5, 5.41) is 10.6. The number of para-hydroxylation sites is 1. The Kier molecular flexibility index (Phi) is 6.24. The highest BCUT2D eigenvalue weighted by atomic mass is 32.2. The van der Waals surface area contributed by atoms with Crippen LogP contribution in [0.15, 0.2) is 42.5 Å². The monoisotopic (exact) mass is 394 g/mol. The van der Waals surface area contributed by atoms with Crippen LogP contribution in [0, 0.1) is 0 Å². The van der Waals surface area contributed by atoms with E-state index in [0.29, 0.717) is 5.75 Å². The van der Waals surface area contributed by atoms with Crippen LogP contribution in [0.4, 0.5) is 10.5 Å². The lowest BCUT2D eigenvalue weighted by Gasteiger charge is -2.16. The van der Waals surface area contributed by atoms with Gasteiger partial charge >= 0.3 is 6.09 Å². The fraction of sp³-hybridized carbons (Fsp3) is 0.176. The second kappa shape index (κ2) is 8.41. The molecule has 9 nitrogen and oxygen atoms in total. The quantitative estimate of drug-likeness (QED) is 0.586. The fourth-order valence-corrected chi connectivity index (χ4v) is 2.74. The third-order valence-electron chi connectivity index (χ3n) is 3.27. The average molecular weight is 394 g/mol. The molecule has 0 saturated carbocycles. The molecule has 2 rings (SSSR count). The van der Waals surface area contributed by atoms with Crippen LogP contribution in [0.5, 0.6) is 17.2 Å². The van der Waals surface area contributed by atoms with Crippen LogP contribution >= 0.6 is 0 Å². The molecule has 0 spiro atoms. The van der Waals surface area contributed by atoms with Gasteiger partial charge < -0.3 is 19.9 Å². The summed E-state index contributed by atoms with van der Waals surface area (Å²) in [6.45, 7) is -0.477. The molecule has 0 aliphatic rings. The van der Waals surface area contributed by atoms with Gasteiger partial charge in [0.05, 0.1) is 31.2 Å². The SMILES string of the molecule is COc1cc(NS(C)(=O)=O)c(Oc2ccccc2)cc1C(=O)CNC(=O)O. The number of carbonyl (C=O) groups is 2. The maximum Gasteiger partial charge on any atom is 0.405 e. The number of rotatable bonds is 8.